The van der Waals surface area contributed by atoms with Crippen LogP contribution < -0.4 is 0 Å². The van der Waals surface area contributed by atoms with Gasteiger partial charge in [0.25, 0.3) is 0 Å². The summed E-state index contributed by atoms with van der Waals surface area (Å²) in [7, 11) is 2.66. The first-order valence-electron chi connectivity index (χ1n) is 10.8. The lowest BCUT2D eigenvalue weighted by Crippen LogP contribution is -2.51. The van der Waals surface area contributed by atoms with E-state index in [9.17, 15) is 14.7 Å². The minimum Gasteiger partial charge on any atom is -0.469 e. The molecule has 0 unspecified atom stereocenters. The van der Waals surface area contributed by atoms with E-state index in [0.717, 1.165) is 57.8 Å². The molecule has 1 saturated carbocycles. The maximum atomic E-state index is 12.6. The van der Waals surface area contributed by atoms with Crippen LogP contribution in [0.1, 0.15) is 70.6 Å². The number of unbranched alkanes of at least 4 members (excludes halogenated alkanes) is 4. The molecular weight excluding hydrogens is 372 g/mol. The minimum absolute atomic E-state index is 0.122. The highest BCUT2D eigenvalue weighted by molar-refractivity contribution is 5.80. The molecule has 166 valence electrons. The Morgan fingerprint density at radius 3 is 2.34 bits per heavy atom. The highest BCUT2D eigenvalue weighted by Gasteiger charge is 2.50. The summed E-state index contributed by atoms with van der Waals surface area (Å²) in [4.78, 5) is 23.9. The van der Waals surface area contributed by atoms with Gasteiger partial charge in [0.1, 0.15) is 0 Å². The molecule has 29 heavy (non-hydrogen) atoms. The molecule has 1 rings (SSSR count). The molecule has 6 nitrogen and oxygen atoms in total. The van der Waals surface area contributed by atoms with Crippen molar-refractivity contribution in [2.75, 3.05) is 20.8 Å². The van der Waals surface area contributed by atoms with Gasteiger partial charge in [0.05, 0.1) is 20.6 Å². The standard InChI is InChI=1S/C23H38O6/c1-28-21(25)17-11-10-16-19(13-7-5-3-4-6-12-18-24)23(27,22(26)29-2)20-14-8-9-15-20/h7,10-11,13,19-20,24,27H,3-6,8-9,12,14-18H2,1-2H3/t19-,23+/m1/s1. The molecule has 0 heterocycles. The number of aliphatic hydroxyl groups is 2. The normalized spacial score (nSPS) is 18.2. The van der Waals surface area contributed by atoms with E-state index >= 15 is 0 Å². The fraction of sp³-hybridized carbons (Fsp3) is 0.739. The molecule has 1 fully saturated rings. The lowest BCUT2D eigenvalue weighted by Gasteiger charge is -2.36. The summed E-state index contributed by atoms with van der Waals surface area (Å²) < 4.78 is 9.64. The molecule has 0 aromatic carbocycles. The van der Waals surface area contributed by atoms with Gasteiger partial charge in [-0.05, 0) is 44.4 Å². The molecule has 2 atom stereocenters. The molecule has 0 aromatic heterocycles. The molecule has 6 heteroatoms. The first kappa shape index (κ1) is 25.4. The summed E-state index contributed by atoms with van der Waals surface area (Å²) in [5, 5.41) is 20.3. The van der Waals surface area contributed by atoms with Crippen molar-refractivity contribution in [3.05, 3.63) is 24.3 Å². The zero-order valence-electron chi connectivity index (χ0n) is 18.0. The van der Waals surface area contributed by atoms with E-state index in [2.05, 4.69) is 4.74 Å². The Bertz CT molecular complexity index is 535. The topological polar surface area (TPSA) is 93.1 Å². The monoisotopic (exact) mass is 410 g/mol. The SMILES string of the molecule is COC(=O)CC=CC[C@@H](C=CCCCCCCO)[C@@](O)(C(=O)OC)C1CCCC1. The highest BCUT2D eigenvalue weighted by Crippen LogP contribution is 2.41. The van der Waals surface area contributed by atoms with Crippen LogP contribution in [0.15, 0.2) is 24.3 Å². The predicted octanol–water partition coefficient (Wildman–Crippen LogP) is 3.71. The molecule has 1 aliphatic carbocycles. The van der Waals surface area contributed by atoms with Crippen molar-refractivity contribution >= 4 is 11.9 Å². The summed E-state index contributed by atoms with van der Waals surface area (Å²) in [5.74, 6) is -1.44. The van der Waals surface area contributed by atoms with E-state index < -0.39 is 17.5 Å². The average Bonchev–Trinajstić information content (AvgIpc) is 3.28. The Labute approximate surface area is 175 Å². The lowest BCUT2D eigenvalue weighted by atomic mass is 9.74. The largest absolute Gasteiger partial charge is 0.469 e. The molecule has 0 aliphatic heterocycles. The lowest BCUT2D eigenvalue weighted by molar-refractivity contribution is -0.174. The van der Waals surface area contributed by atoms with Crippen LogP contribution in [0.5, 0.6) is 0 Å². The third kappa shape index (κ3) is 8.31. The van der Waals surface area contributed by atoms with Gasteiger partial charge < -0.3 is 19.7 Å². The number of carbonyl (C=O) groups is 2. The van der Waals surface area contributed by atoms with Crippen LogP contribution in [-0.2, 0) is 19.1 Å². The van der Waals surface area contributed by atoms with Crippen LogP contribution in [-0.4, -0.2) is 48.6 Å². The predicted molar refractivity (Wildman–Crippen MR) is 112 cm³/mol. The average molecular weight is 411 g/mol. The van der Waals surface area contributed by atoms with Gasteiger partial charge in [-0.1, -0.05) is 50.0 Å². The summed E-state index contributed by atoms with van der Waals surface area (Å²) in [6.07, 6.45) is 16.5. The smallest absolute Gasteiger partial charge is 0.338 e. The Kier molecular flexibility index (Phi) is 12.6. The maximum absolute atomic E-state index is 12.6. The van der Waals surface area contributed by atoms with E-state index in [1.165, 1.54) is 14.2 Å². The van der Waals surface area contributed by atoms with Gasteiger partial charge in [-0.3, -0.25) is 4.79 Å². The Morgan fingerprint density at radius 1 is 1.03 bits per heavy atom. The third-order valence-electron chi connectivity index (χ3n) is 5.77. The first-order chi connectivity index (χ1) is 14.0. The summed E-state index contributed by atoms with van der Waals surface area (Å²) in [5.41, 5.74) is -1.56. The number of methoxy groups -OCH3 is 2. The highest BCUT2D eigenvalue weighted by atomic mass is 16.5. The van der Waals surface area contributed by atoms with Crippen LogP contribution >= 0.6 is 0 Å². The Hall–Kier alpha value is -1.66. The number of carbonyl (C=O) groups excluding carboxylic acids is 2. The van der Waals surface area contributed by atoms with Gasteiger partial charge in [0.15, 0.2) is 5.60 Å². The van der Waals surface area contributed by atoms with Crippen LogP contribution in [0, 0.1) is 11.8 Å². The van der Waals surface area contributed by atoms with E-state index in [4.69, 9.17) is 9.84 Å². The van der Waals surface area contributed by atoms with Gasteiger partial charge in [0, 0.05) is 12.5 Å². The fourth-order valence-corrected chi connectivity index (χ4v) is 4.05. The van der Waals surface area contributed by atoms with Gasteiger partial charge in [-0.25, -0.2) is 4.79 Å². The van der Waals surface area contributed by atoms with E-state index in [1.54, 1.807) is 6.08 Å². The number of hydrogen-bond donors (Lipinski definition) is 2. The second kappa shape index (κ2) is 14.3. The Balaban J connectivity index is 2.87. The summed E-state index contributed by atoms with van der Waals surface area (Å²) >= 11 is 0. The third-order valence-corrected chi connectivity index (χ3v) is 5.77. The molecule has 0 bridgehead atoms. The molecule has 1 aliphatic rings. The van der Waals surface area contributed by atoms with Crippen LogP contribution in [0.4, 0.5) is 0 Å². The van der Waals surface area contributed by atoms with Crippen LogP contribution in [0.25, 0.3) is 0 Å². The van der Waals surface area contributed by atoms with Crippen LogP contribution in [0.2, 0.25) is 0 Å². The zero-order chi connectivity index (χ0) is 21.5. The van der Waals surface area contributed by atoms with E-state index in [-0.39, 0.29) is 24.9 Å². The molecule has 0 amide bonds. The number of ether oxygens (including phenoxy) is 2. The zero-order valence-corrected chi connectivity index (χ0v) is 18.0. The number of rotatable bonds is 14. The second-order valence-corrected chi connectivity index (χ2v) is 7.75. The Morgan fingerprint density at radius 2 is 1.72 bits per heavy atom. The van der Waals surface area contributed by atoms with E-state index in [1.807, 2.05) is 18.2 Å². The summed E-state index contributed by atoms with van der Waals surface area (Å²) in [6.45, 7) is 0.226. The fourth-order valence-electron chi connectivity index (χ4n) is 4.05. The van der Waals surface area contributed by atoms with Crippen molar-refractivity contribution in [1.29, 1.82) is 0 Å². The molecule has 0 aromatic rings. The van der Waals surface area contributed by atoms with Gasteiger partial charge >= 0.3 is 11.9 Å². The van der Waals surface area contributed by atoms with Crippen molar-refractivity contribution in [2.24, 2.45) is 11.8 Å². The van der Waals surface area contributed by atoms with Gasteiger partial charge in [-0.15, -0.1) is 0 Å². The number of hydrogen-bond acceptors (Lipinski definition) is 6. The molecule has 0 saturated heterocycles. The maximum Gasteiger partial charge on any atom is 0.338 e. The van der Waals surface area contributed by atoms with E-state index in [0.29, 0.717) is 6.42 Å². The molecule has 0 radical (unpaired) electrons. The van der Waals surface area contributed by atoms with Crippen LogP contribution in [0.3, 0.4) is 0 Å². The molecule has 2 N–H and O–H groups in total. The van der Waals surface area contributed by atoms with Crippen molar-refractivity contribution in [3.63, 3.8) is 0 Å². The van der Waals surface area contributed by atoms with Crippen molar-refractivity contribution in [1.82, 2.24) is 0 Å². The van der Waals surface area contributed by atoms with Crippen molar-refractivity contribution < 1.29 is 29.3 Å². The number of esters is 2. The first-order valence-corrected chi connectivity index (χ1v) is 10.8. The second-order valence-electron chi connectivity index (χ2n) is 7.75. The number of allylic oxidation sites excluding steroid dienone is 2. The molecule has 0 spiro atoms. The molecular formula is C23H38O6. The number of aliphatic hydroxyl groups excluding tert-OH is 1. The van der Waals surface area contributed by atoms with Gasteiger partial charge in [-0.2, -0.15) is 0 Å². The van der Waals surface area contributed by atoms with Gasteiger partial charge in [0.2, 0.25) is 0 Å². The van der Waals surface area contributed by atoms with Crippen molar-refractivity contribution in [2.45, 2.75) is 76.2 Å². The quantitative estimate of drug-likeness (QED) is 0.258. The summed E-state index contributed by atoms with van der Waals surface area (Å²) in [6, 6.07) is 0. The van der Waals surface area contributed by atoms with Crippen molar-refractivity contribution in [3.8, 4) is 0 Å². The minimum atomic E-state index is -1.56.